The van der Waals surface area contributed by atoms with Crippen LogP contribution in [0, 0.1) is 0 Å². The summed E-state index contributed by atoms with van der Waals surface area (Å²) in [6.07, 6.45) is 1.37. The third-order valence-electron chi connectivity index (χ3n) is 4.07. The maximum atomic E-state index is 12.2. The minimum Gasteiger partial charge on any atom is -0.497 e. The number of halogens is 1. The Hall–Kier alpha value is -3.77. The van der Waals surface area contributed by atoms with E-state index in [1.54, 1.807) is 79.9 Å². The highest BCUT2D eigenvalue weighted by Gasteiger charge is 2.13. The van der Waals surface area contributed by atoms with Crippen LogP contribution in [0.3, 0.4) is 0 Å². The monoisotopic (exact) mass is 423 g/mol. The molecule has 0 saturated carbocycles. The highest BCUT2D eigenvalue weighted by molar-refractivity contribution is 6.32. The summed E-state index contributed by atoms with van der Waals surface area (Å²) < 4.78 is 10.9. The van der Waals surface area contributed by atoms with Gasteiger partial charge < -0.3 is 19.9 Å². The highest BCUT2D eigenvalue weighted by atomic mass is 35.5. The van der Waals surface area contributed by atoms with E-state index in [1.165, 1.54) is 6.08 Å². The van der Waals surface area contributed by atoms with Crippen molar-refractivity contribution < 1.29 is 24.2 Å². The average molecular weight is 424 g/mol. The fraction of sp³-hybridized carbons (Fsp3) is 0.0435. The van der Waals surface area contributed by atoms with Crippen molar-refractivity contribution >= 4 is 29.6 Å². The Balaban J connectivity index is 1.76. The first kappa shape index (κ1) is 21.0. The molecule has 0 heterocycles. The van der Waals surface area contributed by atoms with E-state index in [2.05, 4.69) is 5.32 Å². The van der Waals surface area contributed by atoms with Crippen molar-refractivity contribution in [2.75, 3.05) is 7.11 Å². The van der Waals surface area contributed by atoms with Crippen molar-refractivity contribution in [2.24, 2.45) is 0 Å². The number of aliphatic carboxylic acids is 1. The molecule has 0 bridgehead atoms. The number of benzene rings is 3. The molecule has 0 aliphatic carbocycles. The number of amides is 1. The lowest BCUT2D eigenvalue weighted by Gasteiger charge is -2.10. The molecule has 0 aromatic heterocycles. The van der Waals surface area contributed by atoms with E-state index in [1.807, 2.05) is 0 Å². The molecule has 3 aromatic rings. The number of hydrogen-bond donors (Lipinski definition) is 2. The van der Waals surface area contributed by atoms with Crippen molar-refractivity contribution in [1.82, 2.24) is 5.32 Å². The van der Waals surface area contributed by atoms with Crippen LogP contribution in [-0.2, 0) is 4.79 Å². The second-order valence-electron chi connectivity index (χ2n) is 6.15. The lowest BCUT2D eigenvalue weighted by Crippen LogP contribution is -2.27. The first-order valence-corrected chi connectivity index (χ1v) is 9.27. The predicted octanol–water partition coefficient (Wildman–Crippen LogP) is 5.00. The standard InChI is InChI=1S/C23H18ClNO5/c1-29-18-11-12-19(24)21(14-18)30-17-9-7-15(8-10-17)13-20(23(27)28)25-22(26)16-5-3-2-4-6-16/h2-14H,1H3,(H,25,26)(H,27,28). The minimum atomic E-state index is -1.25. The van der Waals surface area contributed by atoms with Crippen LogP contribution in [0.2, 0.25) is 5.02 Å². The highest BCUT2D eigenvalue weighted by Crippen LogP contribution is 2.32. The molecule has 0 fully saturated rings. The number of ether oxygens (including phenoxy) is 2. The van der Waals surface area contributed by atoms with E-state index >= 15 is 0 Å². The molecule has 0 spiro atoms. The molecule has 0 atom stereocenters. The van der Waals surface area contributed by atoms with Crippen LogP contribution in [0.5, 0.6) is 17.2 Å². The van der Waals surface area contributed by atoms with Gasteiger partial charge in [-0.1, -0.05) is 41.9 Å². The summed E-state index contributed by atoms with van der Waals surface area (Å²) in [7, 11) is 1.55. The molecule has 3 rings (SSSR count). The smallest absolute Gasteiger partial charge is 0.352 e. The van der Waals surface area contributed by atoms with Crippen molar-refractivity contribution in [3.05, 3.63) is 94.6 Å². The van der Waals surface area contributed by atoms with Crippen LogP contribution in [0.4, 0.5) is 0 Å². The Labute approximate surface area is 178 Å². The molecule has 2 N–H and O–H groups in total. The minimum absolute atomic E-state index is 0.242. The Bertz CT molecular complexity index is 1080. The zero-order valence-electron chi connectivity index (χ0n) is 16.0. The first-order chi connectivity index (χ1) is 14.5. The second-order valence-corrected chi connectivity index (χ2v) is 6.56. The normalized spacial score (nSPS) is 10.9. The molecule has 0 unspecified atom stereocenters. The number of carbonyl (C=O) groups excluding carboxylic acids is 1. The summed E-state index contributed by atoms with van der Waals surface area (Å²) in [5.41, 5.74) is 0.696. The quantitative estimate of drug-likeness (QED) is 0.522. The van der Waals surface area contributed by atoms with Gasteiger partial charge in [-0.05, 0) is 48.0 Å². The third kappa shape index (κ3) is 5.40. The van der Waals surface area contributed by atoms with Gasteiger partial charge in [0.2, 0.25) is 0 Å². The van der Waals surface area contributed by atoms with Gasteiger partial charge in [0.25, 0.3) is 5.91 Å². The number of nitrogens with one attached hydrogen (secondary N) is 1. The van der Waals surface area contributed by atoms with Gasteiger partial charge in [-0.15, -0.1) is 0 Å². The van der Waals surface area contributed by atoms with Gasteiger partial charge in [-0.2, -0.15) is 0 Å². The molecule has 6 nitrogen and oxygen atoms in total. The fourth-order valence-corrected chi connectivity index (χ4v) is 2.71. The van der Waals surface area contributed by atoms with E-state index in [4.69, 9.17) is 21.1 Å². The number of methoxy groups -OCH3 is 1. The van der Waals surface area contributed by atoms with Gasteiger partial charge >= 0.3 is 5.97 Å². The number of carboxylic acid groups (broad SMARTS) is 1. The number of carboxylic acids is 1. The number of hydrogen-bond acceptors (Lipinski definition) is 4. The zero-order chi connectivity index (χ0) is 21.5. The van der Waals surface area contributed by atoms with Crippen molar-refractivity contribution in [3.8, 4) is 17.2 Å². The SMILES string of the molecule is COc1ccc(Cl)c(Oc2ccc(C=C(NC(=O)c3ccccc3)C(=O)O)cc2)c1. The lowest BCUT2D eigenvalue weighted by atomic mass is 10.1. The van der Waals surface area contributed by atoms with Gasteiger partial charge in [0.15, 0.2) is 0 Å². The summed E-state index contributed by atoms with van der Waals surface area (Å²) in [6.45, 7) is 0. The van der Waals surface area contributed by atoms with E-state index in [0.29, 0.717) is 33.4 Å². The Morgan fingerprint density at radius 2 is 1.63 bits per heavy atom. The van der Waals surface area contributed by atoms with Crippen LogP contribution in [0.25, 0.3) is 6.08 Å². The molecule has 3 aromatic carbocycles. The molecule has 0 aliphatic heterocycles. The zero-order valence-corrected chi connectivity index (χ0v) is 16.7. The first-order valence-electron chi connectivity index (χ1n) is 8.89. The molecule has 30 heavy (non-hydrogen) atoms. The van der Waals surface area contributed by atoms with Gasteiger partial charge in [0.1, 0.15) is 22.9 Å². The second kappa shape index (κ2) is 9.62. The van der Waals surface area contributed by atoms with Crippen LogP contribution >= 0.6 is 11.6 Å². The summed E-state index contributed by atoms with van der Waals surface area (Å²) >= 11 is 6.14. The van der Waals surface area contributed by atoms with E-state index in [0.717, 1.165) is 0 Å². The van der Waals surface area contributed by atoms with Gasteiger partial charge in [-0.3, -0.25) is 4.79 Å². The number of rotatable bonds is 7. The summed E-state index contributed by atoms with van der Waals surface area (Å²) in [4.78, 5) is 23.8. The van der Waals surface area contributed by atoms with E-state index in [9.17, 15) is 14.7 Å². The third-order valence-corrected chi connectivity index (χ3v) is 4.38. The average Bonchev–Trinajstić information content (AvgIpc) is 2.76. The van der Waals surface area contributed by atoms with Crippen LogP contribution in [0.1, 0.15) is 15.9 Å². The Morgan fingerprint density at radius 1 is 0.967 bits per heavy atom. The molecular weight excluding hydrogens is 406 g/mol. The van der Waals surface area contributed by atoms with E-state index < -0.39 is 11.9 Å². The van der Waals surface area contributed by atoms with Gasteiger partial charge in [0.05, 0.1) is 12.1 Å². The van der Waals surface area contributed by atoms with Gasteiger partial charge in [-0.25, -0.2) is 4.79 Å². The Kier molecular flexibility index (Phi) is 6.72. The van der Waals surface area contributed by atoms with Crippen molar-refractivity contribution in [2.45, 2.75) is 0 Å². The molecule has 0 aliphatic rings. The summed E-state index contributed by atoms with van der Waals surface area (Å²) in [6, 6.07) is 20.1. The molecule has 152 valence electrons. The summed E-state index contributed by atoms with van der Waals surface area (Å²) in [5.74, 6) is -0.206. The number of carbonyl (C=O) groups is 2. The van der Waals surface area contributed by atoms with Crippen LogP contribution in [0.15, 0.2) is 78.5 Å². The van der Waals surface area contributed by atoms with E-state index in [-0.39, 0.29) is 5.70 Å². The molecular formula is C23H18ClNO5. The maximum Gasteiger partial charge on any atom is 0.352 e. The largest absolute Gasteiger partial charge is 0.497 e. The predicted molar refractivity (Wildman–Crippen MR) is 114 cm³/mol. The molecule has 1 amide bonds. The summed E-state index contributed by atoms with van der Waals surface area (Å²) in [5, 5.41) is 12.3. The van der Waals surface area contributed by atoms with Crippen molar-refractivity contribution in [1.29, 1.82) is 0 Å². The molecule has 0 radical (unpaired) electrons. The lowest BCUT2D eigenvalue weighted by molar-refractivity contribution is -0.132. The van der Waals surface area contributed by atoms with Gasteiger partial charge in [0, 0.05) is 11.6 Å². The molecule has 7 heteroatoms. The van der Waals surface area contributed by atoms with Crippen LogP contribution < -0.4 is 14.8 Å². The topological polar surface area (TPSA) is 84.9 Å². The fourth-order valence-electron chi connectivity index (χ4n) is 2.55. The van der Waals surface area contributed by atoms with Crippen molar-refractivity contribution in [3.63, 3.8) is 0 Å². The molecule has 0 saturated heterocycles. The maximum absolute atomic E-state index is 12.2. The van der Waals surface area contributed by atoms with Crippen LogP contribution in [-0.4, -0.2) is 24.1 Å². The Morgan fingerprint density at radius 3 is 2.27 bits per heavy atom.